The molecule has 2 aliphatic heterocycles. The molecule has 0 aromatic heterocycles. The van der Waals surface area contributed by atoms with Gasteiger partial charge in [0.1, 0.15) is 41.0 Å². The molecule has 4 N–H and O–H groups in total. The van der Waals surface area contributed by atoms with Crippen LogP contribution in [0.1, 0.15) is 69.7 Å². The molecule has 1 fully saturated rings. The van der Waals surface area contributed by atoms with Gasteiger partial charge >= 0.3 is 6.09 Å². The maximum absolute atomic E-state index is 14.7. The lowest BCUT2D eigenvalue weighted by Gasteiger charge is -2.36. The van der Waals surface area contributed by atoms with Gasteiger partial charge in [0.05, 0.1) is 0 Å². The predicted molar refractivity (Wildman–Crippen MR) is 205 cm³/mol. The Hall–Kier alpha value is -5.41. The fraction of sp³-hybridized carbons (Fsp3) is 0.439. The van der Waals surface area contributed by atoms with Crippen molar-refractivity contribution in [3.8, 4) is 0 Å². The quantitative estimate of drug-likeness (QED) is 0.171. The van der Waals surface area contributed by atoms with Crippen molar-refractivity contribution < 1.29 is 42.2 Å². The summed E-state index contributed by atoms with van der Waals surface area (Å²) in [6, 6.07) is 14.2. The van der Waals surface area contributed by atoms with E-state index in [1.54, 1.807) is 39.0 Å². The van der Waals surface area contributed by atoms with E-state index in [9.17, 15) is 32.8 Å². The number of rotatable bonds is 13. The summed E-state index contributed by atoms with van der Waals surface area (Å²) in [5.74, 6) is -4.77. The van der Waals surface area contributed by atoms with Crippen LogP contribution in [0.15, 0.2) is 66.7 Å². The third kappa shape index (κ3) is 10.7. The third-order valence-electron chi connectivity index (χ3n) is 9.76. The number of nitrogens with zero attached hydrogens (tertiary/aromatic N) is 2. The molecule has 56 heavy (non-hydrogen) atoms. The first kappa shape index (κ1) is 41.7. The predicted octanol–water partition coefficient (Wildman–Crippen LogP) is 5.27. The largest absolute Gasteiger partial charge is 0.444 e. The maximum atomic E-state index is 14.7. The number of para-hydroxylation sites is 1. The molecule has 3 atom stereocenters. The normalized spacial score (nSPS) is 16.6. The summed E-state index contributed by atoms with van der Waals surface area (Å²) in [5.41, 5.74) is 0.933. The third-order valence-corrected chi connectivity index (χ3v) is 9.76. The Morgan fingerprint density at radius 3 is 2.29 bits per heavy atom. The highest BCUT2D eigenvalue weighted by Crippen LogP contribution is 2.38. The lowest BCUT2D eigenvalue weighted by atomic mass is 9.90. The molecule has 300 valence electrons. The van der Waals surface area contributed by atoms with Crippen molar-refractivity contribution in [2.24, 2.45) is 5.92 Å². The number of amides is 5. The van der Waals surface area contributed by atoms with Crippen LogP contribution >= 0.6 is 0 Å². The highest BCUT2D eigenvalue weighted by atomic mass is 19.1. The highest BCUT2D eigenvalue weighted by molar-refractivity contribution is 6.01. The van der Waals surface area contributed by atoms with Crippen LogP contribution in [0.3, 0.4) is 0 Å². The van der Waals surface area contributed by atoms with E-state index in [4.69, 9.17) is 9.47 Å². The number of carbonyl (C=O) groups excluding carboxylic acids is 5. The molecule has 0 bridgehead atoms. The standard InChI is InChI=1S/C41H50F2N6O7/c1-25(48(5)40(54)56-41(2,3)4)37(51)46-34(27-17-20-55-21-18-27)39(53)49-24-28-22-29(45-33(50)16-19-44-23-26-10-7-6-8-11-26)14-15-30(28)36(49)38(52)47-35-31(42)12-9-13-32(35)43/h6-15,22,25,27,34,36,44H,16-21,23-24H2,1-5H3,(H,45,50)(H,46,51)(H,47,52)/t25-,34-,36-/m0/s1. The average molecular weight is 777 g/mol. The molecule has 15 heteroatoms. The fourth-order valence-electron chi connectivity index (χ4n) is 6.63. The van der Waals surface area contributed by atoms with Crippen molar-refractivity contribution in [3.05, 3.63) is 95.1 Å². The van der Waals surface area contributed by atoms with Crippen LogP contribution in [0.4, 0.5) is 25.0 Å². The van der Waals surface area contributed by atoms with Crippen molar-refractivity contribution in [1.29, 1.82) is 0 Å². The van der Waals surface area contributed by atoms with E-state index in [1.165, 1.54) is 24.9 Å². The van der Waals surface area contributed by atoms with Gasteiger partial charge in [-0.25, -0.2) is 13.6 Å². The first-order chi connectivity index (χ1) is 26.6. The Kier molecular flexibility index (Phi) is 13.8. The monoisotopic (exact) mass is 776 g/mol. The van der Waals surface area contributed by atoms with Crippen LogP contribution in [0.2, 0.25) is 0 Å². The minimum Gasteiger partial charge on any atom is -0.444 e. The van der Waals surface area contributed by atoms with Gasteiger partial charge in [0, 0.05) is 52.0 Å². The summed E-state index contributed by atoms with van der Waals surface area (Å²) < 4.78 is 40.5. The van der Waals surface area contributed by atoms with Gasteiger partial charge in [0.25, 0.3) is 5.91 Å². The van der Waals surface area contributed by atoms with Gasteiger partial charge in [-0.2, -0.15) is 0 Å². The Balaban J connectivity index is 1.38. The zero-order chi connectivity index (χ0) is 40.6. The fourth-order valence-corrected chi connectivity index (χ4v) is 6.63. The molecule has 0 saturated carbocycles. The number of nitrogens with one attached hydrogen (secondary N) is 4. The SMILES string of the molecule is C[C@@H](C(=O)N[C@H](C(=O)N1Cc2cc(NC(=O)CCNCc3ccccc3)ccc2[C@H]1C(=O)Nc1c(F)cccc1F)C1CCOCC1)N(C)C(=O)OC(C)(C)C. The van der Waals surface area contributed by atoms with E-state index in [-0.39, 0.29) is 18.9 Å². The number of carbonyl (C=O) groups is 5. The summed E-state index contributed by atoms with van der Waals surface area (Å²) in [5, 5.41) is 11.3. The molecule has 5 rings (SSSR count). The zero-order valence-corrected chi connectivity index (χ0v) is 32.3. The second-order valence-electron chi connectivity index (χ2n) is 15.0. The molecule has 5 amide bonds. The highest BCUT2D eigenvalue weighted by Gasteiger charge is 2.44. The Labute approximate surface area is 325 Å². The number of fused-ring (bicyclic) bond motifs is 1. The van der Waals surface area contributed by atoms with Crippen LogP contribution in [0, 0.1) is 17.6 Å². The number of anilines is 2. The van der Waals surface area contributed by atoms with E-state index < -0.39 is 70.8 Å². The molecule has 0 spiro atoms. The molecule has 13 nitrogen and oxygen atoms in total. The van der Waals surface area contributed by atoms with Crippen molar-refractivity contribution in [2.45, 2.75) is 83.8 Å². The molecule has 0 unspecified atom stereocenters. The minimum atomic E-state index is -1.36. The van der Waals surface area contributed by atoms with Gasteiger partial charge in [-0.1, -0.05) is 42.5 Å². The summed E-state index contributed by atoms with van der Waals surface area (Å²) in [6.07, 6.45) is 0.289. The number of hydrogen-bond acceptors (Lipinski definition) is 8. The lowest BCUT2D eigenvalue weighted by Crippen LogP contribution is -2.57. The molecule has 3 aromatic carbocycles. The summed E-state index contributed by atoms with van der Waals surface area (Å²) in [6.45, 7) is 8.19. The Bertz CT molecular complexity index is 1880. The molecule has 3 aromatic rings. The van der Waals surface area contributed by atoms with E-state index >= 15 is 0 Å². The second-order valence-corrected chi connectivity index (χ2v) is 15.0. The lowest BCUT2D eigenvalue weighted by molar-refractivity contribution is -0.144. The van der Waals surface area contributed by atoms with Crippen LogP contribution in [0.5, 0.6) is 0 Å². The number of ether oxygens (including phenoxy) is 2. The van der Waals surface area contributed by atoms with Gasteiger partial charge < -0.3 is 35.6 Å². The van der Waals surface area contributed by atoms with E-state index in [1.807, 2.05) is 30.3 Å². The van der Waals surface area contributed by atoms with Crippen molar-refractivity contribution in [3.63, 3.8) is 0 Å². The van der Waals surface area contributed by atoms with Gasteiger partial charge in [-0.05, 0) is 87.4 Å². The smallest absolute Gasteiger partial charge is 0.410 e. The first-order valence-electron chi connectivity index (χ1n) is 18.7. The van der Waals surface area contributed by atoms with Crippen molar-refractivity contribution in [2.75, 3.05) is 37.4 Å². The Morgan fingerprint density at radius 1 is 0.946 bits per heavy atom. The van der Waals surface area contributed by atoms with E-state index in [0.717, 1.165) is 22.6 Å². The molecule has 0 aliphatic carbocycles. The Morgan fingerprint density at radius 2 is 1.62 bits per heavy atom. The number of hydrogen-bond donors (Lipinski definition) is 4. The number of benzene rings is 3. The van der Waals surface area contributed by atoms with E-state index in [0.29, 0.717) is 56.0 Å². The van der Waals surface area contributed by atoms with Gasteiger partial charge in [0.15, 0.2) is 0 Å². The average Bonchev–Trinajstić information content (AvgIpc) is 3.55. The number of halogens is 2. The second kappa shape index (κ2) is 18.5. The zero-order valence-electron chi connectivity index (χ0n) is 32.3. The molecule has 2 heterocycles. The van der Waals surface area contributed by atoms with Crippen LogP contribution in [-0.4, -0.2) is 84.0 Å². The van der Waals surface area contributed by atoms with Crippen molar-refractivity contribution in [1.82, 2.24) is 20.4 Å². The molecule has 0 radical (unpaired) electrons. The summed E-state index contributed by atoms with van der Waals surface area (Å²) in [7, 11) is 1.42. The van der Waals surface area contributed by atoms with Gasteiger partial charge in [0.2, 0.25) is 17.7 Å². The maximum Gasteiger partial charge on any atom is 0.410 e. The molecular formula is C41H50F2N6O7. The van der Waals surface area contributed by atoms with Crippen LogP contribution < -0.4 is 21.3 Å². The minimum absolute atomic E-state index is 0.114. The molecule has 1 saturated heterocycles. The van der Waals surface area contributed by atoms with Crippen molar-refractivity contribution >= 4 is 41.1 Å². The van der Waals surface area contributed by atoms with Crippen LogP contribution in [0.25, 0.3) is 0 Å². The van der Waals surface area contributed by atoms with Crippen LogP contribution in [-0.2, 0) is 41.7 Å². The summed E-state index contributed by atoms with van der Waals surface area (Å²) in [4.78, 5) is 70.6. The van der Waals surface area contributed by atoms with E-state index in [2.05, 4.69) is 21.3 Å². The molecule has 2 aliphatic rings. The van der Waals surface area contributed by atoms with Gasteiger partial charge in [-0.3, -0.25) is 24.1 Å². The summed E-state index contributed by atoms with van der Waals surface area (Å²) >= 11 is 0. The molecular weight excluding hydrogens is 726 g/mol. The van der Waals surface area contributed by atoms with Gasteiger partial charge in [-0.15, -0.1) is 0 Å². The first-order valence-corrected chi connectivity index (χ1v) is 18.7. The number of likely N-dealkylation sites (N-methyl/N-ethyl adjacent to an activating group) is 1. The topological polar surface area (TPSA) is 158 Å².